The third-order valence-corrected chi connectivity index (χ3v) is 5.00. The normalized spacial score (nSPS) is 11.7. The van der Waals surface area contributed by atoms with Gasteiger partial charge in [-0.25, -0.2) is 0 Å². The zero-order chi connectivity index (χ0) is 19.3. The Morgan fingerprint density at radius 3 is 2.50 bits per heavy atom. The number of esters is 1. The van der Waals surface area contributed by atoms with Crippen LogP contribution in [0.4, 0.5) is 5.69 Å². The molecule has 1 amide bonds. The molecule has 0 saturated carbocycles. The standard InChI is InChI=1S/C19H20ClNO4S/c1-11-10-14(13(3)26-11)17(22)8-9-18(23)25-12(2)19(24)21-16-7-5-4-6-15(16)20/h4-7,10,12H,8-9H2,1-3H3,(H,21,24)/t12-/m1/s1. The summed E-state index contributed by atoms with van der Waals surface area (Å²) in [5.74, 6) is -1.18. The molecule has 0 aliphatic heterocycles. The van der Waals surface area contributed by atoms with Crippen molar-refractivity contribution in [3.63, 3.8) is 0 Å². The maximum atomic E-state index is 12.2. The van der Waals surface area contributed by atoms with Crippen molar-refractivity contribution < 1.29 is 19.1 Å². The van der Waals surface area contributed by atoms with Gasteiger partial charge in [0.25, 0.3) is 5.91 Å². The van der Waals surface area contributed by atoms with Crippen molar-refractivity contribution >= 4 is 46.3 Å². The lowest BCUT2D eigenvalue weighted by atomic mass is 10.1. The monoisotopic (exact) mass is 393 g/mol. The third-order valence-electron chi connectivity index (χ3n) is 3.71. The van der Waals surface area contributed by atoms with E-state index in [2.05, 4.69) is 5.32 Å². The van der Waals surface area contributed by atoms with Crippen molar-refractivity contribution in [2.75, 3.05) is 5.32 Å². The van der Waals surface area contributed by atoms with Gasteiger partial charge in [0.1, 0.15) is 0 Å². The van der Waals surface area contributed by atoms with Gasteiger partial charge in [-0.15, -0.1) is 11.3 Å². The third kappa shape index (κ3) is 5.41. The number of amides is 1. The maximum Gasteiger partial charge on any atom is 0.307 e. The van der Waals surface area contributed by atoms with E-state index in [0.717, 1.165) is 9.75 Å². The quantitative estimate of drug-likeness (QED) is 0.553. The van der Waals surface area contributed by atoms with E-state index in [1.54, 1.807) is 35.6 Å². The molecule has 1 aromatic heterocycles. The van der Waals surface area contributed by atoms with Crippen LogP contribution < -0.4 is 5.32 Å². The first-order valence-corrected chi connectivity index (χ1v) is 9.32. The SMILES string of the molecule is Cc1cc(C(=O)CCC(=O)O[C@H](C)C(=O)Nc2ccccc2Cl)c(C)s1. The van der Waals surface area contributed by atoms with E-state index in [0.29, 0.717) is 16.3 Å². The Morgan fingerprint density at radius 1 is 1.19 bits per heavy atom. The molecule has 0 radical (unpaired) electrons. The lowest BCUT2D eigenvalue weighted by Gasteiger charge is -2.14. The first kappa shape index (κ1) is 20.1. The average Bonchev–Trinajstić information content (AvgIpc) is 2.93. The molecule has 26 heavy (non-hydrogen) atoms. The molecule has 0 aliphatic rings. The smallest absolute Gasteiger partial charge is 0.307 e. The summed E-state index contributed by atoms with van der Waals surface area (Å²) >= 11 is 7.52. The minimum Gasteiger partial charge on any atom is -0.453 e. The molecule has 138 valence electrons. The Morgan fingerprint density at radius 2 is 1.88 bits per heavy atom. The molecule has 1 atom stereocenters. The van der Waals surface area contributed by atoms with Gasteiger partial charge >= 0.3 is 5.97 Å². The number of Topliss-reactive ketones (excluding diaryl/α,β-unsaturated/α-hetero) is 1. The number of hydrogen-bond acceptors (Lipinski definition) is 5. The Balaban J connectivity index is 1.83. The summed E-state index contributed by atoms with van der Waals surface area (Å²) in [6.45, 7) is 5.28. The van der Waals surface area contributed by atoms with Crippen molar-refractivity contribution in [1.29, 1.82) is 0 Å². The van der Waals surface area contributed by atoms with Crippen LogP contribution in [0.15, 0.2) is 30.3 Å². The largest absolute Gasteiger partial charge is 0.453 e. The predicted octanol–water partition coefficient (Wildman–Crippen LogP) is 4.55. The number of thiophene rings is 1. The zero-order valence-electron chi connectivity index (χ0n) is 14.8. The van der Waals surface area contributed by atoms with Crippen molar-refractivity contribution in [3.05, 3.63) is 50.7 Å². The molecule has 0 unspecified atom stereocenters. The predicted molar refractivity (Wildman–Crippen MR) is 103 cm³/mol. The van der Waals surface area contributed by atoms with E-state index in [1.807, 2.05) is 19.9 Å². The fraction of sp³-hybridized carbons (Fsp3) is 0.316. The lowest BCUT2D eigenvalue weighted by Crippen LogP contribution is -2.30. The Kier molecular flexibility index (Phi) is 6.94. The highest BCUT2D eigenvalue weighted by Gasteiger charge is 2.20. The molecule has 2 rings (SSSR count). The summed E-state index contributed by atoms with van der Waals surface area (Å²) in [4.78, 5) is 38.2. The molecule has 5 nitrogen and oxygen atoms in total. The van der Waals surface area contributed by atoms with E-state index in [-0.39, 0.29) is 18.6 Å². The highest BCUT2D eigenvalue weighted by atomic mass is 35.5. The summed E-state index contributed by atoms with van der Waals surface area (Å²) in [7, 11) is 0. The van der Waals surface area contributed by atoms with Gasteiger partial charge in [0.2, 0.25) is 0 Å². The summed E-state index contributed by atoms with van der Waals surface area (Å²) in [5, 5.41) is 3.00. The van der Waals surface area contributed by atoms with E-state index in [4.69, 9.17) is 16.3 Å². The number of nitrogens with one attached hydrogen (secondary N) is 1. The van der Waals surface area contributed by atoms with E-state index in [1.165, 1.54) is 6.92 Å². The molecule has 0 fully saturated rings. The molecule has 0 bridgehead atoms. The minimum absolute atomic E-state index is 0.0503. The van der Waals surface area contributed by atoms with Gasteiger partial charge in [-0.1, -0.05) is 23.7 Å². The van der Waals surface area contributed by atoms with E-state index in [9.17, 15) is 14.4 Å². The van der Waals surface area contributed by atoms with Gasteiger partial charge < -0.3 is 10.1 Å². The molecule has 2 aromatic rings. The van der Waals surface area contributed by atoms with Gasteiger partial charge in [0.15, 0.2) is 11.9 Å². The fourth-order valence-corrected chi connectivity index (χ4v) is 3.49. The number of carbonyl (C=O) groups is 3. The molecule has 0 saturated heterocycles. The van der Waals surface area contributed by atoms with Crippen LogP contribution in [-0.2, 0) is 14.3 Å². The zero-order valence-corrected chi connectivity index (χ0v) is 16.4. The van der Waals surface area contributed by atoms with Gasteiger partial charge in [0.05, 0.1) is 17.1 Å². The van der Waals surface area contributed by atoms with Gasteiger partial charge in [-0.05, 0) is 39.0 Å². The van der Waals surface area contributed by atoms with Gasteiger partial charge in [-0.3, -0.25) is 14.4 Å². The van der Waals surface area contributed by atoms with E-state index < -0.39 is 18.0 Å². The number of carbonyl (C=O) groups excluding carboxylic acids is 3. The van der Waals surface area contributed by atoms with Crippen molar-refractivity contribution in [2.45, 2.75) is 39.7 Å². The van der Waals surface area contributed by atoms with Crippen LogP contribution in [0.3, 0.4) is 0 Å². The van der Waals surface area contributed by atoms with Crippen LogP contribution in [0.1, 0.15) is 39.9 Å². The number of ketones is 1. The van der Waals surface area contributed by atoms with Crippen molar-refractivity contribution in [2.24, 2.45) is 0 Å². The molecule has 1 N–H and O–H groups in total. The molecule has 1 aromatic carbocycles. The number of benzene rings is 1. The number of ether oxygens (including phenoxy) is 1. The highest BCUT2D eigenvalue weighted by Crippen LogP contribution is 2.23. The van der Waals surface area contributed by atoms with Crippen LogP contribution in [0.25, 0.3) is 0 Å². The summed E-state index contributed by atoms with van der Waals surface area (Å²) < 4.78 is 5.10. The summed E-state index contributed by atoms with van der Waals surface area (Å²) in [6, 6.07) is 8.60. The van der Waals surface area contributed by atoms with Crippen LogP contribution in [-0.4, -0.2) is 23.8 Å². The molecule has 7 heteroatoms. The Labute approximate surface area is 161 Å². The lowest BCUT2D eigenvalue weighted by molar-refractivity contribution is -0.153. The number of aryl methyl sites for hydroxylation is 2. The first-order valence-electron chi connectivity index (χ1n) is 8.13. The van der Waals surface area contributed by atoms with Crippen LogP contribution in [0, 0.1) is 13.8 Å². The highest BCUT2D eigenvalue weighted by molar-refractivity contribution is 7.12. The maximum absolute atomic E-state index is 12.2. The van der Waals surface area contributed by atoms with Crippen LogP contribution in [0.5, 0.6) is 0 Å². The fourth-order valence-electron chi connectivity index (χ4n) is 2.36. The van der Waals surface area contributed by atoms with E-state index >= 15 is 0 Å². The van der Waals surface area contributed by atoms with Crippen LogP contribution >= 0.6 is 22.9 Å². The summed E-state index contributed by atoms with van der Waals surface area (Å²) in [5.41, 5.74) is 1.09. The average molecular weight is 394 g/mol. The number of anilines is 1. The number of hydrogen-bond donors (Lipinski definition) is 1. The van der Waals surface area contributed by atoms with Gasteiger partial charge in [-0.2, -0.15) is 0 Å². The second-order valence-electron chi connectivity index (χ2n) is 5.85. The van der Waals surface area contributed by atoms with Crippen LogP contribution in [0.2, 0.25) is 5.02 Å². The van der Waals surface area contributed by atoms with Crippen molar-refractivity contribution in [3.8, 4) is 0 Å². The molecular weight excluding hydrogens is 374 g/mol. The van der Waals surface area contributed by atoms with Gasteiger partial charge in [0, 0.05) is 21.7 Å². The van der Waals surface area contributed by atoms with Crippen molar-refractivity contribution in [1.82, 2.24) is 0 Å². The Bertz CT molecular complexity index is 831. The molecule has 0 spiro atoms. The topological polar surface area (TPSA) is 72.5 Å². The molecule has 1 heterocycles. The summed E-state index contributed by atoms with van der Waals surface area (Å²) in [6.07, 6.45) is -1.01. The number of halogens is 1. The molecular formula is C19H20ClNO4S. The minimum atomic E-state index is -0.987. The number of rotatable bonds is 7. The Hall–Kier alpha value is -2.18. The second-order valence-corrected chi connectivity index (χ2v) is 7.72. The second kappa shape index (κ2) is 8.96. The first-order chi connectivity index (χ1) is 12.3. The molecule has 0 aliphatic carbocycles. The number of para-hydroxylation sites is 1.